The van der Waals surface area contributed by atoms with Crippen molar-refractivity contribution in [3.05, 3.63) is 135 Å². The highest BCUT2D eigenvalue weighted by atomic mass is 16.6. The van der Waals surface area contributed by atoms with Crippen LogP contribution in [-0.4, -0.2) is 22.8 Å². The van der Waals surface area contributed by atoms with Crippen molar-refractivity contribution in [2.45, 2.75) is 45.2 Å². The standard InChI is InChI=1S/C33H31N3O4/c1-3-9-24-14-16-25(17-15-24)32(37)34-23(2)22-31(29-12-7-8-13-30(29)34)35(27-10-5-4-6-11-27)33(38)26-18-20-28(21-19-26)36(39)40/h4-8,10-21,23,31H,3,9,22H2,1-2H3. The minimum absolute atomic E-state index is 0.0728. The number of carbonyl (C=O) groups is 2. The molecular formula is C33H31N3O4. The van der Waals surface area contributed by atoms with Crippen LogP contribution in [-0.2, 0) is 6.42 Å². The van der Waals surface area contributed by atoms with Crippen LogP contribution in [0.1, 0.15) is 64.6 Å². The van der Waals surface area contributed by atoms with Crippen molar-refractivity contribution in [1.29, 1.82) is 0 Å². The molecule has 4 aromatic carbocycles. The minimum Gasteiger partial charge on any atom is -0.305 e. The SMILES string of the molecule is CCCc1ccc(C(=O)N2c3ccccc3C(N(C(=O)c3ccc([N+](=O)[O-])cc3)c3ccccc3)CC2C)cc1. The molecule has 0 aromatic heterocycles. The van der Waals surface area contributed by atoms with E-state index in [9.17, 15) is 19.7 Å². The number of nitrogens with zero attached hydrogens (tertiary/aromatic N) is 3. The average molecular weight is 534 g/mol. The summed E-state index contributed by atoms with van der Waals surface area (Å²) in [7, 11) is 0. The van der Waals surface area contributed by atoms with Crippen LogP contribution in [0.5, 0.6) is 0 Å². The van der Waals surface area contributed by atoms with Gasteiger partial charge in [-0.1, -0.05) is 61.9 Å². The fraction of sp³-hybridized carbons (Fsp3) is 0.212. The smallest absolute Gasteiger partial charge is 0.269 e. The number of non-ortho nitro benzene ring substituents is 1. The number of rotatable bonds is 7. The summed E-state index contributed by atoms with van der Waals surface area (Å²) < 4.78 is 0. The van der Waals surface area contributed by atoms with Crippen molar-refractivity contribution < 1.29 is 14.5 Å². The molecule has 0 saturated heterocycles. The van der Waals surface area contributed by atoms with Gasteiger partial charge >= 0.3 is 0 Å². The molecule has 0 N–H and O–H groups in total. The van der Waals surface area contributed by atoms with Gasteiger partial charge in [-0.3, -0.25) is 19.7 Å². The van der Waals surface area contributed by atoms with E-state index < -0.39 is 4.92 Å². The Bertz CT molecular complexity index is 1520. The van der Waals surface area contributed by atoms with E-state index in [1.54, 1.807) is 4.90 Å². The van der Waals surface area contributed by atoms with Gasteiger partial charge in [0.1, 0.15) is 0 Å². The number of fused-ring (bicyclic) bond motifs is 1. The van der Waals surface area contributed by atoms with Crippen LogP contribution >= 0.6 is 0 Å². The number of nitro benzene ring substituents is 1. The maximum absolute atomic E-state index is 14.0. The topological polar surface area (TPSA) is 83.8 Å². The number of benzene rings is 4. The lowest BCUT2D eigenvalue weighted by molar-refractivity contribution is -0.384. The Morgan fingerprint density at radius 1 is 0.875 bits per heavy atom. The molecular weight excluding hydrogens is 502 g/mol. The van der Waals surface area contributed by atoms with Crippen LogP contribution in [0, 0.1) is 10.1 Å². The Balaban J connectivity index is 1.55. The van der Waals surface area contributed by atoms with Crippen LogP contribution in [0.3, 0.4) is 0 Å². The first kappa shape index (κ1) is 26.8. The third kappa shape index (κ3) is 5.23. The molecule has 1 heterocycles. The molecule has 1 aliphatic heterocycles. The van der Waals surface area contributed by atoms with Gasteiger partial charge in [0.2, 0.25) is 0 Å². The Hall–Kier alpha value is -4.78. The second-order valence-electron chi connectivity index (χ2n) is 10.1. The highest BCUT2D eigenvalue weighted by Gasteiger charge is 2.39. The normalized spacial score (nSPS) is 16.2. The van der Waals surface area contributed by atoms with Crippen LogP contribution in [0.2, 0.25) is 0 Å². The van der Waals surface area contributed by atoms with Gasteiger partial charge < -0.3 is 9.80 Å². The maximum Gasteiger partial charge on any atom is 0.269 e. The summed E-state index contributed by atoms with van der Waals surface area (Å²) in [5.41, 5.74) is 4.46. The zero-order chi connectivity index (χ0) is 28.2. The van der Waals surface area contributed by atoms with E-state index in [1.807, 2.05) is 90.7 Å². The number of carbonyl (C=O) groups excluding carboxylic acids is 2. The monoisotopic (exact) mass is 533 g/mol. The first-order valence-electron chi connectivity index (χ1n) is 13.5. The Kier molecular flexibility index (Phi) is 7.73. The quantitative estimate of drug-likeness (QED) is 0.183. The first-order chi connectivity index (χ1) is 19.4. The number of hydrogen-bond acceptors (Lipinski definition) is 4. The van der Waals surface area contributed by atoms with E-state index in [0.29, 0.717) is 23.2 Å². The van der Waals surface area contributed by atoms with Crippen molar-refractivity contribution in [3.63, 3.8) is 0 Å². The molecule has 0 spiro atoms. The van der Waals surface area contributed by atoms with Crippen LogP contribution in [0.4, 0.5) is 17.1 Å². The largest absolute Gasteiger partial charge is 0.305 e. The molecule has 0 radical (unpaired) electrons. The summed E-state index contributed by atoms with van der Waals surface area (Å²) in [6, 6.07) is 30.1. The molecule has 0 fully saturated rings. The highest BCUT2D eigenvalue weighted by Crippen LogP contribution is 2.43. The van der Waals surface area contributed by atoms with Crippen LogP contribution in [0.15, 0.2) is 103 Å². The highest BCUT2D eigenvalue weighted by molar-refractivity contribution is 6.09. The van der Waals surface area contributed by atoms with E-state index in [2.05, 4.69) is 6.92 Å². The van der Waals surface area contributed by atoms with Crippen LogP contribution < -0.4 is 9.80 Å². The zero-order valence-corrected chi connectivity index (χ0v) is 22.6. The number of anilines is 2. The van der Waals surface area contributed by atoms with Gasteiger partial charge in [-0.2, -0.15) is 0 Å². The van der Waals surface area contributed by atoms with E-state index in [-0.39, 0.29) is 29.6 Å². The van der Waals surface area contributed by atoms with Crippen molar-refractivity contribution in [3.8, 4) is 0 Å². The van der Waals surface area contributed by atoms with Gasteiger partial charge in [0.05, 0.1) is 11.0 Å². The summed E-state index contributed by atoms with van der Waals surface area (Å²) in [6.07, 6.45) is 2.53. The predicted molar refractivity (Wildman–Crippen MR) is 157 cm³/mol. The van der Waals surface area contributed by atoms with Crippen molar-refractivity contribution in [2.24, 2.45) is 0 Å². The summed E-state index contributed by atoms with van der Waals surface area (Å²) >= 11 is 0. The second kappa shape index (κ2) is 11.5. The molecule has 0 aliphatic carbocycles. The lowest BCUT2D eigenvalue weighted by Gasteiger charge is -2.43. The Labute approximate surface area is 233 Å². The van der Waals surface area contributed by atoms with Crippen molar-refractivity contribution in [1.82, 2.24) is 0 Å². The number of nitro groups is 1. The summed E-state index contributed by atoms with van der Waals surface area (Å²) in [6.45, 7) is 4.14. The number of aryl methyl sites for hydroxylation is 1. The van der Waals surface area contributed by atoms with E-state index in [1.165, 1.54) is 29.8 Å². The zero-order valence-electron chi connectivity index (χ0n) is 22.6. The third-order valence-corrected chi connectivity index (χ3v) is 7.41. The fourth-order valence-electron chi connectivity index (χ4n) is 5.47. The fourth-order valence-corrected chi connectivity index (χ4v) is 5.47. The van der Waals surface area contributed by atoms with Gasteiger partial charge in [0.25, 0.3) is 17.5 Å². The maximum atomic E-state index is 14.0. The molecule has 0 saturated carbocycles. The van der Waals surface area contributed by atoms with Gasteiger partial charge in [0, 0.05) is 40.7 Å². The number of para-hydroxylation sites is 2. The second-order valence-corrected chi connectivity index (χ2v) is 10.1. The third-order valence-electron chi connectivity index (χ3n) is 7.41. The molecule has 5 rings (SSSR count). The minimum atomic E-state index is -0.481. The molecule has 2 unspecified atom stereocenters. The molecule has 2 amide bonds. The first-order valence-corrected chi connectivity index (χ1v) is 13.5. The molecule has 2 atom stereocenters. The Morgan fingerprint density at radius 3 is 2.15 bits per heavy atom. The number of hydrogen-bond donors (Lipinski definition) is 0. The van der Waals surface area contributed by atoms with Gasteiger partial charge in [-0.05, 0) is 73.4 Å². The van der Waals surface area contributed by atoms with Crippen LogP contribution in [0.25, 0.3) is 0 Å². The average Bonchev–Trinajstić information content (AvgIpc) is 2.98. The molecule has 0 bridgehead atoms. The summed E-state index contributed by atoms with van der Waals surface area (Å²) in [5.74, 6) is -0.339. The van der Waals surface area contributed by atoms with Crippen molar-refractivity contribution in [2.75, 3.05) is 9.80 Å². The van der Waals surface area contributed by atoms with Crippen molar-refractivity contribution >= 4 is 28.9 Å². The molecule has 40 heavy (non-hydrogen) atoms. The lowest BCUT2D eigenvalue weighted by atomic mass is 9.89. The summed E-state index contributed by atoms with van der Waals surface area (Å²) in [5, 5.41) is 11.2. The van der Waals surface area contributed by atoms with E-state index >= 15 is 0 Å². The Morgan fingerprint density at radius 2 is 1.50 bits per heavy atom. The van der Waals surface area contributed by atoms with Gasteiger partial charge in [-0.25, -0.2) is 0 Å². The molecule has 4 aromatic rings. The number of amides is 2. The molecule has 202 valence electrons. The van der Waals surface area contributed by atoms with E-state index in [0.717, 1.165) is 24.1 Å². The summed E-state index contributed by atoms with van der Waals surface area (Å²) in [4.78, 5) is 42.1. The molecule has 7 nitrogen and oxygen atoms in total. The molecule has 7 heteroatoms. The van der Waals surface area contributed by atoms with Gasteiger partial charge in [-0.15, -0.1) is 0 Å². The van der Waals surface area contributed by atoms with Gasteiger partial charge in [0.15, 0.2) is 0 Å². The molecule has 1 aliphatic rings. The lowest BCUT2D eigenvalue weighted by Crippen LogP contribution is -2.47. The van der Waals surface area contributed by atoms with E-state index in [4.69, 9.17) is 0 Å². The predicted octanol–water partition coefficient (Wildman–Crippen LogP) is 7.37.